The number of allylic oxidation sites excluding steroid dienone is 1. The summed E-state index contributed by atoms with van der Waals surface area (Å²) in [5.41, 5.74) is 4.51. The number of fused-ring (bicyclic) bond motifs is 1. The topological polar surface area (TPSA) is 79.1 Å². The van der Waals surface area contributed by atoms with Gasteiger partial charge in [-0.1, -0.05) is 59.4 Å². The summed E-state index contributed by atoms with van der Waals surface area (Å²) in [6.45, 7) is 7.86. The predicted molar refractivity (Wildman–Crippen MR) is 172 cm³/mol. The lowest BCUT2D eigenvalue weighted by atomic mass is 9.96. The smallest absolute Gasteiger partial charge is 0.338 e. The van der Waals surface area contributed by atoms with Crippen molar-refractivity contribution in [2.75, 3.05) is 13.4 Å². The first-order chi connectivity index (χ1) is 20.7. The molecule has 5 rings (SSSR count). The Kier molecular flexibility index (Phi) is 9.22. The van der Waals surface area contributed by atoms with E-state index in [1.807, 2.05) is 73.9 Å². The number of aromatic nitrogens is 1. The molecule has 222 valence electrons. The Balaban J connectivity index is 1.54. The van der Waals surface area contributed by atoms with Crippen LogP contribution < -0.4 is 24.4 Å². The highest BCUT2D eigenvalue weighted by Gasteiger charge is 2.33. The zero-order chi connectivity index (χ0) is 30.7. The van der Waals surface area contributed by atoms with Gasteiger partial charge >= 0.3 is 5.97 Å². The molecule has 0 N–H and O–H groups in total. The molecule has 43 heavy (non-hydrogen) atoms. The van der Waals surface area contributed by atoms with Gasteiger partial charge in [0.1, 0.15) is 6.61 Å². The second kappa shape index (κ2) is 13.1. The Labute approximate surface area is 259 Å². The van der Waals surface area contributed by atoms with E-state index in [4.69, 9.17) is 14.2 Å². The minimum absolute atomic E-state index is 0.233. The van der Waals surface area contributed by atoms with E-state index in [0.717, 1.165) is 21.6 Å². The van der Waals surface area contributed by atoms with E-state index < -0.39 is 12.0 Å². The number of aryl methyl sites for hydroxylation is 1. The number of hydrogen-bond acceptors (Lipinski definition) is 8. The van der Waals surface area contributed by atoms with Crippen molar-refractivity contribution < 1.29 is 19.0 Å². The van der Waals surface area contributed by atoms with Gasteiger partial charge in [0.05, 0.1) is 35.1 Å². The van der Waals surface area contributed by atoms with Crippen LogP contribution in [0.2, 0.25) is 0 Å². The molecule has 7 nitrogen and oxygen atoms in total. The van der Waals surface area contributed by atoms with Crippen LogP contribution in [0.1, 0.15) is 49.1 Å². The third kappa shape index (κ3) is 6.63. The summed E-state index contributed by atoms with van der Waals surface area (Å²) in [5.74, 6) is 0.699. The van der Waals surface area contributed by atoms with E-state index in [2.05, 4.69) is 17.1 Å². The Morgan fingerprint density at radius 3 is 2.42 bits per heavy atom. The van der Waals surface area contributed by atoms with Crippen molar-refractivity contribution in [2.45, 2.75) is 51.3 Å². The Bertz CT molecular complexity index is 1850. The van der Waals surface area contributed by atoms with Crippen molar-refractivity contribution in [3.8, 4) is 11.5 Å². The first kappa shape index (κ1) is 30.4. The third-order valence-corrected chi connectivity index (χ3v) is 8.74. The van der Waals surface area contributed by atoms with E-state index in [-0.39, 0.29) is 11.7 Å². The molecule has 0 spiro atoms. The first-order valence-corrected chi connectivity index (χ1v) is 16.0. The van der Waals surface area contributed by atoms with Crippen LogP contribution in [0.15, 0.2) is 92.7 Å². The molecule has 1 aliphatic heterocycles. The average Bonchev–Trinajstić information content (AvgIpc) is 3.29. The summed E-state index contributed by atoms with van der Waals surface area (Å²) < 4.78 is 19.3. The van der Waals surface area contributed by atoms with Crippen molar-refractivity contribution >= 4 is 35.1 Å². The molecule has 0 saturated carbocycles. The van der Waals surface area contributed by atoms with Gasteiger partial charge in [-0.3, -0.25) is 9.36 Å². The van der Waals surface area contributed by atoms with Gasteiger partial charge in [-0.2, -0.15) is 0 Å². The van der Waals surface area contributed by atoms with Crippen molar-refractivity contribution in [2.24, 2.45) is 4.99 Å². The maximum absolute atomic E-state index is 14.0. The summed E-state index contributed by atoms with van der Waals surface area (Å²) in [6, 6.07) is 21.0. The number of benzene rings is 3. The highest BCUT2D eigenvalue weighted by Crippen LogP contribution is 2.32. The van der Waals surface area contributed by atoms with Crippen LogP contribution in [-0.2, 0) is 16.1 Å². The Morgan fingerprint density at radius 2 is 1.77 bits per heavy atom. The van der Waals surface area contributed by atoms with Crippen LogP contribution >= 0.6 is 23.1 Å². The molecule has 0 radical (unpaired) electrons. The molecule has 0 amide bonds. The SMILES string of the molecule is COc1cc(/C=c2\sc3n(c2=O)[C@@H](c2ccc(SC)cc2)C(C(=O)OC(C)C)=C(C)N=3)ccc1OCc1ccc(C)cc1. The largest absolute Gasteiger partial charge is 0.493 e. The van der Waals surface area contributed by atoms with Gasteiger partial charge in [0.2, 0.25) is 0 Å². The fourth-order valence-corrected chi connectivity index (χ4v) is 6.31. The summed E-state index contributed by atoms with van der Waals surface area (Å²) in [7, 11) is 1.59. The second-order valence-electron chi connectivity index (χ2n) is 10.5. The van der Waals surface area contributed by atoms with Crippen molar-refractivity contribution in [3.05, 3.63) is 120 Å². The highest BCUT2D eigenvalue weighted by atomic mass is 32.2. The minimum Gasteiger partial charge on any atom is -0.493 e. The maximum Gasteiger partial charge on any atom is 0.338 e. The lowest BCUT2D eigenvalue weighted by Crippen LogP contribution is -2.40. The summed E-state index contributed by atoms with van der Waals surface area (Å²) in [6.07, 6.45) is 3.51. The first-order valence-electron chi connectivity index (χ1n) is 13.9. The Hall–Kier alpha value is -4.08. The number of esters is 1. The molecule has 1 atom stereocenters. The number of carbonyl (C=O) groups excluding carboxylic acids is 1. The lowest BCUT2D eigenvalue weighted by Gasteiger charge is -2.25. The maximum atomic E-state index is 14.0. The molecule has 0 unspecified atom stereocenters. The Morgan fingerprint density at radius 1 is 1.05 bits per heavy atom. The van der Waals surface area contributed by atoms with Gasteiger partial charge < -0.3 is 14.2 Å². The van der Waals surface area contributed by atoms with E-state index in [1.165, 1.54) is 16.9 Å². The zero-order valence-corrected chi connectivity index (χ0v) is 26.7. The van der Waals surface area contributed by atoms with Crippen LogP contribution in [0.4, 0.5) is 0 Å². The summed E-state index contributed by atoms with van der Waals surface area (Å²) in [5, 5.41) is 0. The van der Waals surface area contributed by atoms with Crippen LogP contribution in [0.5, 0.6) is 11.5 Å². The number of hydrogen-bond donors (Lipinski definition) is 0. The van der Waals surface area contributed by atoms with E-state index >= 15 is 0 Å². The number of thiazole rings is 1. The number of methoxy groups -OCH3 is 1. The monoisotopic (exact) mass is 614 g/mol. The lowest BCUT2D eigenvalue weighted by molar-refractivity contribution is -0.143. The molecular formula is C34H34N2O5S2. The van der Waals surface area contributed by atoms with Gasteiger partial charge in [-0.15, -0.1) is 11.8 Å². The number of ether oxygens (including phenoxy) is 3. The van der Waals surface area contributed by atoms with E-state index in [1.54, 1.807) is 44.2 Å². The normalized spacial score (nSPS) is 14.9. The van der Waals surface area contributed by atoms with Gasteiger partial charge in [-0.05, 0) is 81.0 Å². The van der Waals surface area contributed by atoms with Gasteiger partial charge in [-0.25, -0.2) is 9.79 Å². The van der Waals surface area contributed by atoms with Gasteiger partial charge in [0.25, 0.3) is 5.56 Å². The standard InChI is InChI=1S/C34H34N2O5S2/c1-20(2)41-33(38)30-22(4)35-34-36(31(30)25-12-14-26(42-6)15-13-25)32(37)29(43-34)18-24-11-16-27(28(17-24)39-5)40-19-23-9-7-21(3)8-10-23/h7-18,20,31H,19H2,1-6H3/b29-18-/t31-/m0/s1. The number of carbonyl (C=O) groups is 1. The number of thioether (sulfide) groups is 1. The highest BCUT2D eigenvalue weighted by molar-refractivity contribution is 7.98. The van der Waals surface area contributed by atoms with Crippen molar-refractivity contribution in [1.29, 1.82) is 0 Å². The van der Waals surface area contributed by atoms with Crippen LogP contribution in [0.3, 0.4) is 0 Å². The second-order valence-corrected chi connectivity index (χ2v) is 12.4. The van der Waals surface area contributed by atoms with E-state index in [0.29, 0.717) is 38.7 Å². The molecule has 0 bridgehead atoms. The fraction of sp³-hybridized carbons (Fsp3) is 0.265. The minimum atomic E-state index is -0.660. The molecule has 1 aromatic heterocycles. The van der Waals surface area contributed by atoms with Crippen molar-refractivity contribution in [1.82, 2.24) is 4.57 Å². The van der Waals surface area contributed by atoms with Crippen LogP contribution in [0.25, 0.3) is 6.08 Å². The molecule has 1 aliphatic rings. The predicted octanol–water partition coefficient (Wildman–Crippen LogP) is 5.80. The van der Waals surface area contributed by atoms with Crippen LogP contribution in [0, 0.1) is 6.92 Å². The molecule has 3 aromatic carbocycles. The summed E-state index contributed by atoms with van der Waals surface area (Å²) in [4.78, 5) is 33.6. The van der Waals surface area contributed by atoms with Gasteiger partial charge in [0.15, 0.2) is 16.3 Å². The zero-order valence-electron chi connectivity index (χ0n) is 25.0. The molecule has 0 saturated heterocycles. The fourth-order valence-electron chi connectivity index (χ4n) is 4.85. The number of rotatable bonds is 9. The van der Waals surface area contributed by atoms with Crippen molar-refractivity contribution in [3.63, 3.8) is 0 Å². The molecule has 9 heteroatoms. The third-order valence-electron chi connectivity index (χ3n) is 7.02. The molecular weight excluding hydrogens is 581 g/mol. The molecule has 0 aliphatic carbocycles. The number of nitrogens with zero attached hydrogens (tertiary/aromatic N) is 2. The summed E-state index contributed by atoms with van der Waals surface area (Å²) >= 11 is 2.91. The molecule has 0 fully saturated rings. The molecule has 2 heterocycles. The quantitative estimate of drug-likeness (QED) is 0.175. The average molecular weight is 615 g/mol. The molecule has 4 aromatic rings. The van der Waals surface area contributed by atoms with Gasteiger partial charge in [0, 0.05) is 4.90 Å². The van der Waals surface area contributed by atoms with Crippen LogP contribution in [-0.4, -0.2) is 30.0 Å². The van der Waals surface area contributed by atoms with E-state index in [9.17, 15) is 9.59 Å².